The Hall–Kier alpha value is -1.82. The third-order valence-corrected chi connectivity index (χ3v) is 2.32. The highest BCUT2D eigenvalue weighted by Gasteiger charge is 2.38. The highest BCUT2D eigenvalue weighted by Crippen LogP contribution is 2.24. The van der Waals surface area contributed by atoms with Crippen molar-refractivity contribution in [2.75, 3.05) is 0 Å². The average molecular weight is 224 g/mol. The molecule has 16 heavy (non-hydrogen) atoms. The van der Waals surface area contributed by atoms with E-state index in [2.05, 4.69) is 5.18 Å². The van der Waals surface area contributed by atoms with E-state index in [1.807, 2.05) is 0 Å². The van der Waals surface area contributed by atoms with Crippen molar-refractivity contribution in [2.45, 2.75) is 25.1 Å². The summed E-state index contributed by atoms with van der Waals surface area (Å²) in [5.41, 5.74) is 0.431. The van der Waals surface area contributed by atoms with E-state index in [4.69, 9.17) is 0 Å². The molecule has 0 saturated heterocycles. The molecular formula is C10H12N2O4. The fourth-order valence-electron chi connectivity index (χ4n) is 1.53. The molecule has 1 N–H and O–H groups in total. The number of nitrogens with zero attached hydrogens (tertiary/aromatic N) is 2. The summed E-state index contributed by atoms with van der Waals surface area (Å²) in [6, 6.07) is 5.61. The van der Waals surface area contributed by atoms with E-state index in [-0.39, 0.29) is 0 Å². The van der Waals surface area contributed by atoms with Gasteiger partial charge in [0.25, 0.3) is 6.04 Å². The number of hydrogen-bond acceptors (Lipinski definition) is 5. The van der Waals surface area contributed by atoms with Crippen molar-refractivity contribution >= 4 is 0 Å². The van der Waals surface area contributed by atoms with Gasteiger partial charge in [-0.25, -0.2) is 0 Å². The fourth-order valence-corrected chi connectivity index (χ4v) is 1.53. The molecule has 0 aromatic heterocycles. The van der Waals surface area contributed by atoms with Gasteiger partial charge in [0.05, 0.1) is 0 Å². The van der Waals surface area contributed by atoms with Crippen LogP contribution in [0.1, 0.15) is 18.5 Å². The molecule has 0 saturated carbocycles. The van der Waals surface area contributed by atoms with Crippen molar-refractivity contribution in [3.05, 3.63) is 50.9 Å². The summed E-state index contributed by atoms with van der Waals surface area (Å²) in [6.45, 7) is 1.27. The van der Waals surface area contributed by atoms with Gasteiger partial charge < -0.3 is 5.11 Å². The maximum Gasteiger partial charge on any atom is 0.267 e. The molecule has 0 aliphatic heterocycles. The van der Waals surface area contributed by atoms with E-state index in [9.17, 15) is 20.1 Å². The quantitative estimate of drug-likeness (QED) is 0.466. The Labute approximate surface area is 92.0 Å². The Balaban J connectivity index is 3.05. The van der Waals surface area contributed by atoms with Crippen molar-refractivity contribution in [3.8, 4) is 0 Å². The molecule has 1 aromatic carbocycles. The molecule has 0 spiro atoms. The Morgan fingerprint density at radius 3 is 2.31 bits per heavy atom. The molecule has 0 aliphatic rings. The van der Waals surface area contributed by atoms with Crippen molar-refractivity contribution in [3.63, 3.8) is 0 Å². The molecule has 6 nitrogen and oxygen atoms in total. The van der Waals surface area contributed by atoms with E-state index in [0.29, 0.717) is 5.56 Å². The topological polar surface area (TPSA) is 92.8 Å². The van der Waals surface area contributed by atoms with Gasteiger partial charge in [0.2, 0.25) is 0 Å². The van der Waals surface area contributed by atoms with Crippen LogP contribution < -0.4 is 0 Å². The zero-order valence-electron chi connectivity index (χ0n) is 8.69. The summed E-state index contributed by atoms with van der Waals surface area (Å²) in [4.78, 5) is 20.8. The molecular weight excluding hydrogens is 212 g/mol. The number of aliphatic hydroxyl groups is 1. The van der Waals surface area contributed by atoms with E-state index < -0.39 is 23.1 Å². The molecule has 1 rings (SSSR count). The first-order chi connectivity index (χ1) is 7.57. The molecule has 0 aliphatic carbocycles. The van der Waals surface area contributed by atoms with Crippen LogP contribution in [0.2, 0.25) is 0 Å². The zero-order chi connectivity index (χ0) is 12.1. The number of aliphatic hydroxyl groups excluding tert-OH is 1. The van der Waals surface area contributed by atoms with Gasteiger partial charge in [0.1, 0.15) is 6.10 Å². The van der Waals surface area contributed by atoms with Gasteiger partial charge in [0.15, 0.2) is 6.04 Å². The van der Waals surface area contributed by atoms with Crippen LogP contribution in [0.3, 0.4) is 0 Å². The van der Waals surface area contributed by atoms with Gasteiger partial charge in [-0.2, -0.15) is 0 Å². The molecule has 0 fully saturated rings. The summed E-state index contributed by atoms with van der Waals surface area (Å²) < 4.78 is 0. The first kappa shape index (κ1) is 12.3. The lowest BCUT2D eigenvalue weighted by molar-refractivity contribution is -0.537. The Morgan fingerprint density at radius 1 is 1.38 bits per heavy atom. The maximum atomic E-state index is 10.8. The van der Waals surface area contributed by atoms with E-state index in [0.717, 1.165) is 0 Å². The lowest BCUT2D eigenvalue weighted by atomic mass is 9.97. The normalized spacial score (nSPS) is 16.1. The van der Waals surface area contributed by atoms with Gasteiger partial charge in [-0.3, -0.25) is 10.1 Å². The number of nitro groups is 1. The van der Waals surface area contributed by atoms with Gasteiger partial charge >= 0.3 is 0 Å². The summed E-state index contributed by atoms with van der Waals surface area (Å²) in [7, 11) is 0. The molecule has 0 amide bonds. The third-order valence-electron chi connectivity index (χ3n) is 2.32. The summed E-state index contributed by atoms with van der Waals surface area (Å²) >= 11 is 0. The van der Waals surface area contributed by atoms with Crippen LogP contribution in [0.25, 0.3) is 0 Å². The molecule has 1 aromatic rings. The minimum absolute atomic E-state index is 0.431. The molecule has 0 bridgehead atoms. The number of nitroso groups, excluding NO2 is 1. The Kier molecular flexibility index (Phi) is 4.07. The summed E-state index contributed by atoms with van der Waals surface area (Å²) in [6.07, 6.45) is -1.24. The highest BCUT2D eigenvalue weighted by molar-refractivity contribution is 5.20. The third kappa shape index (κ3) is 2.60. The van der Waals surface area contributed by atoms with Crippen molar-refractivity contribution in [2.24, 2.45) is 5.18 Å². The molecule has 86 valence electrons. The molecule has 3 atom stereocenters. The van der Waals surface area contributed by atoms with Crippen LogP contribution >= 0.6 is 0 Å². The van der Waals surface area contributed by atoms with Gasteiger partial charge in [-0.05, 0) is 12.5 Å². The van der Waals surface area contributed by atoms with E-state index in [1.54, 1.807) is 30.3 Å². The smallest absolute Gasteiger partial charge is 0.267 e. The second-order valence-corrected chi connectivity index (χ2v) is 3.48. The Bertz CT molecular complexity index is 366. The Morgan fingerprint density at radius 2 is 1.94 bits per heavy atom. The monoisotopic (exact) mass is 224 g/mol. The zero-order valence-corrected chi connectivity index (χ0v) is 8.69. The lowest BCUT2D eigenvalue weighted by Crippen LogP contribution is -2.36. The van der Waals surface area contributed by atoms with E-state index in [1.165, 1.54) is 6.92 Å². The summed E-state index contributed by atoms with van der Waals surface area (Å²) in [5.74, 6) is 0. The summed E-state index contributed by atoms with van der Waals surface area (Å²) in [5, 5.41) is 22.8. The van der Waals surface area contributed by atoms with Crippen molar-refractivity contribution in [1.82, 2.24) is 0 Å². The second kappa shape index (κ2) is 5.32. The molecule has 0 heterocycles. The molecule has 3 unspecified atom stereocenters. The standard InChI is InChI=1S/C10H12N2O4/c1-7(13)10(12(15)16)9(11-14)8-5-3-2-4-6-8/h2-7,9-10,13H,1H3. The predicted octanol–water partition coefficient (Wildman–Crippen LogP) is 1.52. The highest BCUT2D eigenvalue weighted by atomic mass is 16.6. The van der Waals surface area contributed by atoms with E-state index >= 15 is 0 Å². The van der Waals surface area contributed by atoms with Crippen LogP contribution in [-0.4, -0.2) is 22.2 Å². The minimum atomic E-state index is -1.42. The minimum Gasteiger partial charge on any atom is -0.386 e. The number of hydrogen-bond donors (Lipinski definition) is 1. The van der Waals surface area contributed by atoms with Crippen LogP contribution in [0.15, 0.2) is 35.5 Å². The molecule has 0 radical (unpaired) electrons. The first-order valence-electron chi connectivity index (χ1n) is 4.77. The van der Waals surface area contributed by atoms with Crippen LogP contribution in [0.4, 0.5) is 0 Å². The largest absolute Gasteiger partial charge is 0.386 e. The first-order valence-corrected chi connectivity index (χ1v) is 4.77. The number of rotatable bonds is 5. The predicted molar refractivity (Wildman–Crippen MR) is 57.4 cm³/mol. The SMILES string of the molecule is CC(O)C(C(N=O)c1ccccc1)[N+](=O)[O-]. The van der Waals surface area contributed by atoms with Gasteiger partial charge in [-0.1, -0.05) is 35.5 Å². The fraction of sp³-hybridized carbons (Fsp3) is 0.400. The second-order valence-electron chi connectivity index (χ2n) is 3.48. The van der Waals surface area contributed by atoms with Crippen molar-refractivity contribution < 1.29 is 10.0 Å². The van der Waals surface area contributed by atoms with Gasteiger partial charge in [0, 0.05) is 4.92 Å². The average Bonchev–Trinajstić information content (AvgIpc) is 2.25. The molecule has 6 heteroatoms. The van der Waals surface area contributed by atoms with Crippen molar-refractivity contribution in [1.29, 1.82) is 0 Å². The number of benzene rings is 1. The van der Waals surface area contributed by atoms with Crippen LogP contribution in [0, 0.1) is 15.0 Å². The lowest BCUT2D eigenvalue weighted by Gasteiger charge is -2.17. The van der Waals surface area contributed by atoms with Crippen LogP contribution in [0.5, 0.6) is 0 Å². The van der Waals surface area contributed by atoms with Gasteiger partial charge in [-0.15, -0.1) is 4.91 Å². The van der Waals surface area contributed by atoms with Crippen LogP contribution in [-0.2, 0) is 0 Å². The maximum absolute atomic E-state index is 10.8.